The molecule has 0 aromatic carbocycles. The van der Waals surface area contributed by atoms with E-state index < -0.39 is 76.1 Å². The Kier molecular flexibility index (Phi) is 6.07. The van der Waals surface area contributed by atoms with Crippen molar-refractivity contribution in [2.75, 3.05) is 0 Å². The number of aliphatic carboxylic acids is 1. The quantitative estimate of drug-likeness (QED) is 0.421. The number of hydrogen-bond donors (Lipinski definition) is 2. The van der Waals surface area contributed by atoms with Crippen LogP contribution in [0, 0.1) is 51.8 Å². The lowest BCUT2D eigenvalue weighted by Crippen LogP contribution is -2.71. The fourth-order valence-electron chi connectivity index (χ4n) is 10.8. The molecule has 0 aliphatic heterocycles. The van der Waals surface area contributed by atoms with Crippen LogP contribution in [-0.2, 0) is 19.1 Å². The van der Waals surface area contributed by atoms with Crippen LogP contribution in [0.25, 0.3) is 0 Å². The van der Waals surface area contributed by atoms with Gasteiger partial charge in [0, 0.05) is 22.7 Å². The first-order chi connectivity index (χ1) is 18.9. The molecule has 0 aromatic rings. The molecular formula is C32H42F2O7. The van der Waals surface area contributed by atoms with Gasteiger partial charge in [-0.3, -0.25) is 4.79 Å². The second-order valence-electron chi connectivity index (χ2n) is 15.0. The lowest BCUT2D eigenvalue weighted by Gasteiger charge is -2.63. The van der Waals surface area contributed by atoms with E-state index in [0.717, 1.165) is 12.5 Å². The molecule has 0 radical (unpaired) electrons. The van der Waals surface area contributed by atoms with Crippen molar-refractivity contribution in [3.8, 4) is 0 Å². The molecule has 0 heterocycles. The number of ketones is 1. The Morgan fingerprint density at radius 1 is 1.02 bits per heavy atom. The largest absolute Gasteiger partial charge is 0.509 e. The molecule has 6 saturated carbocycles. The number of carboxylic acids is 1. The van der Waals surface area contributed by atoms with E-state index in [1.54, 1.807) is 13.8 Å². The van der Waals surface area contributed by atoms with E-state index in [1.165, 1.54) is 19.1 Å². The van der Waals surface area contributed by atoms with Gasteiger partial charge in [0.05, 0.1) is 6.10 Å². The van der Waals surface area contributed by atoms with Gasteiger partial charge < -0.3 is 19.7 Å². The minimum absolute atomic E-state index is 0.00426. The average Bonchev–Trinajstić information content (AvgIpc) is 3.10. The summed E-state index contributed by atoms with van der Waals surface area (Å²) < 4.78 is 44.8. The van der Waals surface area contributed by atoms with Crippen molar-refractivity contribution < 1.29 is 42.9 Å². The van der Waals surface area contributed by atoms with Crippen LogP contribution in [0.2, 0.25) is 0 Å². The topological polar surface area (TPSA) is 110 Å². The van der Waals surface area contributed by atoms with Gasteiger partial charge in [0.15, 0.2) is 11.5 Å². The molecule has 7 aliphatic carbocycles. The van der Waals surface area contributed by atoms with E-state index in [2.05, 4.69) is 13.8 Å². The van der Waals surface area contributed by atoms with Crippen LogP contribution in [-0.4, -0.2) is 57.8 Å². The number of aliphatic hydroxyl groups excluding tert-OH is 1. The molecule has 226 valence electrons. The van der Waals surface area contributed by atoms with Gasteiger partial charge >= 0.3 is 12.1 Å². The highest BCUT2D eigenvalue weighted by atomic mass is 19.1. The molecule has 0 spiro atoms. The maximum absolute atomic E-state index is 17.4. The van der Waals surface area contributed by atoms with Gasteiger partial charge in [-0.2, -0.15) is 0 Å². The number of carbonyl (C=O) groups excluding carboxylic acids is 2. The van der Waals surface area contributed by atoms with Gasteiger partial charge in [0.2, 0.25) is 5.60 Å². The fourth-order valence-corrected chi connectivity index (χ4v) is 10.8. The van der Waals surface area contributed by atoms with Gasteiger partial charge in [-0.15, -0.1) is 0 Å². The van der Waals surface area contributed by atoms with Crippen molar-refractivity contribution in [1.82, 2.24) is 0 Å². The van der Waals surface area contributed by atoms with Crippen LogP contribution in [0.3, 0.4) is 0 Å². The Balaban J connectivity index is 1.32. The van der Waals surface area contributed by atoms with E-state index >= 15 is 8.78 Å². The number of alkyl halides is 2. The predicted molar refractivity (Wildman–Crippen MR) is 144 cm³/mol. The van der Waals surface area contributed by atoms with E-state index in [1.807, 2.05) is 6.92 Å². The van der Waals surface area contributed by atoms with E-state index in [0.29, 0.717) is 18.3 Å². The van der Waals surface area contributed by atoms with Crippen molar-refractivity contribution in [2.45, 2.75) is 103 Å². The molecule has 7 rings (SSSR count). The van der Waals surface area contributed by atoms with Crippen molar-refractivity contribution >= 4 is 17.9 Å². The Morgan fingerprint density at radius 3 is 2.32 bits per heavy atom. The number of aliphatic hydroxyl groups is 1. The zero-order valence-corrected chi connectivity index (χ0v) is 24.7. The number of halogens is 2. The number of hydrogen-bond acceptors (Lipinski definition) is 6. The molecular weight excluding hydrogens is 534 g/mol. The molecule has 41 heavy (non-hydrogen) atoms. The standard InChI is InChI=1S/C32H42F2O7/c1-15-9-20-21-13-23(33)22-12-18(35)7-8-29(22,5)31(21,34)25(36)14-30(20,6)32(15,26(37)38)41-27(39)40-24-11-17-10-19(16(24)2)28(17,3)4/h7-8,12,15-17,19-21,23-25,36H,9-11,13-14H2,1-6H3,(H,37,38)/t15-,16-,17+,19-,20+,21+,23+,24-,25+,29+,30+,31?,32-/m1/s1. The SMILES string of the molecule is C[C@@H]1[C@H]2C[C@@H](C[C@H]1OC(=O)O[C@@]1(C(=O)O)[C@H](C)C[C@H]3[C@@H]4C[C@H](F)C5=CC(=O)C=C[C@]5(C)C4(F)[C@@H](O)C[C@@]31C)C2(C)C. The smallest absolute Gasteiger partial charge is 0.478 e. The summed E-state index contributed by atoms with van der Waals surface area (Å²) in [7, 11) is 0. The van der Waals surface area contributed by atoms with Crippen molar-refractivity contribution in [3.63, 3.8) is 0 Å². The van der Waals surface area contributed by atoms with Gasteiger partial charge in [0.25, 0.3) is 0 Å². The maximum Gasteiger partial charge on any atom is 0.509 e. The Bertz CT molecular complexity index is 1260. The lowest BCUT2D eigenvalue weighted by atomic mass is 9.44. The Hall–Kier alpha value is -2.29. The van der Waals surface area contributed by atoms with Crippen LogP contribution in [0.15, 0.2) is 23.8 Å². The van der Waals surface area contributed by atoms with Crippen LogP contribution in [0.4, 0.5) is 13.6 Å². The number of ether oxygens (including phenoxy) is 2. The van der Waals surface area contributed by atoms with Crippen molar-refractivity contribution in [3.05, 3.63) is 23.8 Å². The van der Waals surface area contributed by atoms with Crippen LogP contribution in [0.1, 0.15) is 73.6 Å². The monoisotopic (exact) mass is 576 g/mol. The number of carboxylic acid groups (broad SMARTS) is 1. The first-order valence-electron chi connectivity index (χ1n) is 15.0. The van der Waals surface area contributed by atoms with Gasteiger partial charge in [0.1, 0.15) is 12.3 Å². The Labute approximate surface area is 239 Å². The van der Waals surface area contributed by atoms with Crippen LogP contribution >= 0.6 is 0 Å². The number of fused-ring (bicyclic) bond motifs is 7. The molecule has 0 saturated heterocycles. The second-order valence-corrected chi connectivity index (χ2v) is 15.0. The summed E-state index contributed by atoms with van der Waals surface area (Å²) in [6.07, 6.45) is 0.208. The fraction of sp³-hybridized carbons (Fsp3) is 0.781. The molecule has 9 heteroatoms. The third-order valence-electron chi connectivity index (χ3n) is 13.3. The van der Waals surface area contributed by atoms with Gasteiger partial charge in [-0.25, -0.2) is 18.4 Å². The Morgan fingerprint density at radius 2 is 1.71 bits per heavy atom. The molecule has 0 aromatic heterocycles. The highest BCUT2D eigenvalue weighted by molar-refractivity contribution is 6.01. The molecule has 6 fully saturated rings. The first kappa shape index (κ1) is 28.8. The van der Waals surface area contributed by atoms with Gasteiger partial charge in [-0.1, -0.05) is 40.7 Å². The highest BCUT2D eigenvalue weighted by Crippen LogP contribution is 2.71. The van der Waals surface area contributed by atoms with Gasteiger partial charge in [-0.05, 0) is 85.8 Å². The second kappa shape index (κ2) is 8.64. The molecule has 0 amide bonds. The van der Waals surface area contributed by atoms with E-state index in [4.69, 9.17) is 9.47 Å². The zero-order chi connectivity index (χ0) is 30.1. The number of carbonyl (C=O) groups is 3. The minimum atomic E-state index is -2.34. The lowest BCUT2D eigenvalue weighted by molar-refractivity contribution is -0.234. The number of allylic oxidation sites excluding steroid dienone is 4. The average molecular weight is 577 g/mol. The van der Waals surface area contributed by atoms with Crippen LogP contribution in [0.5, 0.6) is 0 Å². The normalized spacial score (nSPS) is 52.8. The summed E-state index contributed by atoms with van der Waals surface area (Å²) in [5.41, 5.74) is -7.24. The molecule has 2 bridgehead atoms. The predicted octanol–water partition coefficient (Wildman–Crippen LogP) is 5.60. The first-order valence-corrected chi connectivity index (χ1v) is 15.0. The summed E-state index contributed by atoms with van der Waals surface area (Å²) in [6, 6.07) is 0. The summed E-state index contributed by atoms with van der Waals surface area (Å²) >= 11 is 0. The summed E-state index contributed by atoms with van der Waals surface area (Å²) in [5, 5.41) is 22.2. The molecule has 7 nitrogen and oxygen atoms in total. The van der Waals surface area contributed by atoms with Crippen LogP contribution < -0.4 is 0 Å². The molecule has 7 aliphatic rings. The summed E-state index contributed by atoms with van der Waals surface area (Å²) in [5.74, 6) is -3.43. The molecule has 13 atom stereocenters. The van der Waals surface area contributed by atoms with Crippen molar-refractivity contribution in [1.29, 1.82) is 0 Å². The summed E-state index contributed by atoms with van der Waals surface area (Å²) in [4.78, 5) is 38.6. The third kappa shape index (κ3) is 3.36. The molecule has 1 unspecified atom stereocenters. The third-order valence-corrected chi connectivity index (χ3v) is 13.3. The zero-order valence-electron chi connectivity index (χ0n) is 24.7. The minimum Gasteiger partial charge on any atom is -0.478 e. The number of rotatable bonds is 3. The van der Waals surface area contributed by atoms with E-state index in [9.17, 15) is 24.6 Å². The van der Waals surface area contributed by atoms with E-state index in [-0.39, 0.29) is 36.2 Å². The highest BCUT2D eigenvalue weighted by Gasteiger charge is 2.78. The van der Waals surface area contributed by atoms with Crippen molar-refractivity contribution in [2.24, 2.45) is 51.8 Å². The summed E-state index contributed by atoms with van der Waals surface area (Å²) in [6.45, 7) is 11.3. The maximum atomic E-state index is 17.4. The molecule has 2 N–H and O–H groups in total.